The van der Waals surface area contributed by atoms with Gasteiger partial charge >= 0.3 is 0 Å². The summed E-state index contributed by atoms with van der Waals surface area (Å²) in [7, 11) is -1.39. The molecule has 1 fully saturated rings. The molecule has 0 aromatic heterocycles. The Kier molecular flexibility index (Phi) is 3.92. The highest BCUT2D eigenvalue weighted by atomic mass is 32.2. The quantitative estimate of drug-likeness (QED) is 0.704. The Morgan fingerprint density at radius 2 is 2.07 bits per heavy atom. The van der Waals surface area contributed by atoms with Crippen LogP contribution in [-0.4, -0.2) is 38.1 Å². The largest absolute Gasteiger partial charge is 0.330 e. The van der Waals surface area contributed by atoms with Crippen LogP contribution in [0.5, 0.6) is 0 Å². The number of rotatable bonds is 6. The second-order valence-electron chi connectivity index (χ2n) is 4.16. The van der Waals surface area contributed by atoms with E-state index in [-0.39, 0.29) is 6.04 Å². The third kappa shape index (κ3) is 3.22. The summed E-state index contributed by atoms with van der Waals surface area (Å²) in [6.07, 6.45) is 2.86. The molecule has 0 bridgehead atoms. The first-order chi connectivity index (χ1) is 6.47. The van der Waals surface area contributed by atoms with Crippen molar-refractivity contribution in [2.24, 2.45) is 11.7 Å². The predicted molar refractivity (Wildman–Crippen MR) is 57.4 cm³/mol. The summed E-state index contributed by atoms with van der Waals surface area (Å²) >= 11 is 0. The number of nitrogens with zero attached hydrogens (tertiary/aromatic N) is 1. The van der Waals surface area contributed by atoms with E-state index in [1.54, 1.807) is 7.05 Å². The molecule has 0 radical (unpaired) electrons. The van der Waals surface area contributed by atoms with Crippen LogP contribution in [0.25, 0.3) is 0 Å². The van der Waals surface area contributed by atoms with E-state index >= 15 is 0 Å². The Labute approximate surface area is 86.5 Å². The van der Waals surface area contributed by atoms with E-state index in [0.29, 0.717) is 18.2 Å². The number of nitrogens with two attached hydrogens (primary N) is 1. The minimum atomic E-state index is -3.04. The smallest absolute Gasteiger partial charge is 0.214 e. The summed E-state index contributed by atoms with van der Waals surface area (Å²) in [5.41, 5.74) is 5.40. The first kappa shape index (κ1) is 11.9. The summed E-state index contributed by atoms with van der Waals surface area (Å²) in [6.45, 7) is 2.43. The van der Waals surface area contributed by atoms with Gasteiger partial charge in [-0.3, -0.25) is 0 Å². The summed E-state index contributed by atoms with van der Waals surface area (Å²) in [5, 5.41) is 0. The molecule has 5 heteroatoms. The Bertz CT molecular complexity index is 273. The van der Waals surface area contributed by atoms with Gasteiger partial charge in [0, 0.05) is 13.1 Å². The molecule has 2 N–H and O–H groups in total. The van der Waals surface area contributed by atoms with Crippen LogP contribution in [0.15, 0.2) is 0 Å². The molecular formula is C9H20N2O2S. The van der Waals surface area contributed by atoms with E-state index in [2.05, 4.69) is 0 Å². The molecule has 1 unspecified atom stereocenters. The monoisotopic (exact) mass is 220 g/mol. The van der Waals surface area contributed by atoms with E-state index in [0.717, 1.165) is 19.3 Å². The fourth-order valence-corrected chi connectivity index (χ4v) is 3.22. The van der Waals surface area contributed by atoms with Gasteiger partial charge in [-0.05, 0) is 38.6 Å². The van der Waals surface area contributed by atoms with Crippen molar-refractivity contribution in [1.29, 1.82) is 0 Å². The molecule has 1 rings (SSSR count). The molecule has 84 valence electrons. The van der Waals surface area contributed by atoms with Crippen LogP contribution in [0.1, 0.15) is 26.2 Å². The normalized spacial score (nSPS) is 20.0. The van der Waals surface area contributed by atoms with Crippen molar-refractivity contribution in [2.45, 2.75) is 32.2 Å². The van der Waals surface area contributed by atoms with Crippen LogP contribution in [0.3, 0.4) is 0 Å². The number of hydrogen-bond acceptors (Lipinski definition) is 3. The zero-order chi connectivity index (χ0) is 10.8. The Morgan fingerprint density at radius 3 is 2.50 bits per heavy atom. The lowest BCUT2D eigenvalue weighted by Gasteiger charge is -2.23. The molecule has 1 atom stereocenters. The molecular weight excluding hydrogens is 200 g/mol. The van der Waals surface area contributed by atoms with E-state index in [1.165, 1.54) is 4.31 Å². The topological polar surface area (TPSA) is 63.4 Å². The van der Waals surface area contributed by atoms with E-state index < -0.39 is 10.0 Å². The summed E-state index contributed by atoms with van der Waals surface area (Å²) < 4.78 is 25.0. The van der Waals surface area contributed by atoms with Crippen molar-refractivity contribution in [2.75, 3.05) is 19.3 Å². The Hall–Kier alpha value is -0.130. The van der Waals surface area contributed by atoms with Crippen molar-refractivity contribution >= 4 is 10.0 Å². The third-order valence-electron chi connectivity index (χ3n) is 2.79. The minimum absolute atomic E-state index is 0.0174. The van der Waals surface area contributed by atoms with Crippen LogP contribution in [0.2, 0.25) is 0 Å². The molecule has 1 aliphatic carbocycles. The van der Waals surface area contributed by atoms with Crippen molar-refractivity contribution < 1.29 is 8.42 Å². The second kappa shape index (κ2) is 4.59. The van der Waals surface area contributed by atoms with Crippen LogP contribution in [0, 0.1) is 5.92 Å². The highest BCUT2D eigenvalue weighted by Crippen LogP contribution is 2.31. The fraction of sp³-hybridized carbons (Fsp3) is 1.00. The number of hydrogen-bond donors (Lipinski definition) is 1. The van der Waals surface area contributed by atoms with Gasteiger partial charge in [-0.2, -0.15) is 0 Å². The lowest BCUT2D eigenvalue weighted by atomic mass is 10.2. The molecule has 0 aromatic rings. The standard InChI is InChI=1S/C9H20N2O2S/c1-8(5-6-10)11(2)14(12,13)7-9-3-4-9/h8-9H,3-7,10H2,1-2H3. The van der Waals surface area contributed by atoms with Gasteiger partial charge in [0.25, 0.3) is 0 Å². The molecule has 0 spiro atoms. The average molecular weight is 220 g/mol. The molecule has 1 saturated carbocycles. The van der Waals surface area contributed by atoms with Gasteiger partial charge in [0.05, 0.1) is 5.75 Å². The molecule has 0 aliphatic heterocycles. The SMILES string of the molecule is CC(CCN)N(C)S(=O)(=O)CC1CC1. The maximum Gasteiger partial charge on any atom is 0.214 e. The molecule has 14 heavy (non-hydrogen) atoms. The molecule has 0 amide bonds. The van der Waals surface area contributed by atoms with E-state index in [1.807, 2.05) is 6.92 Å². The van der Waals surface area contributed by atoms with Crippen molar-refractivity contribution in [3.63, 3.8) is 0 Å². The van der Waals surface area contributed by atoms with Crippen LogP contribution >= 0.6 is 0 Å². The first-order valence-electron chi connectivity index (χ1n) is 5.13. The van der Waals surface area contributed by atoms with Gasteiger partial charge in [-0.15, -0.1) is 0 Å². The van der Waals surface area contributed by atoms with Crippen LogP contribution in [-0.2, 0) is 10.0 Å². The van der Waals surface area contributed by atoms with Gasteiger partial charge in [0.1, 0.15) is 0 Å². The Morgan fingerprint density at radius 1 is 1.50 bits per heavy atom. The average Bonchev–Trinajstić information content (AvgIpc) is 2.86. The highest BCUT2D eigenvalue weighted by molar-refractivity contribution is 7.89. The lowest BCUT2D eigenvalue weighted by molar-refractivity contribution is 0.373. The summed E-state index contributed by atoms with van der Waals surface area (Å²) in [5.74, 6) is 0.728. The van der Waals surface area contributed by atoms with Crippen molar-refractivity contribution in [3.8, 4) is 0 Å². The van der Waals surface area contributed by atoms with Crippen LogP contribution in [0.4, 0.5) is 0 Å². The zero-order valence-corrected chi connectivity index (χ0v) is 9.76. The number of sulfonamides is 1. The minimum Gasteiger partial charge on any atom is -0.330 e. The van der Waals surface area contributed by atoms with E-state index in [4.69, 9.17) is 5.73 Å². The van der Waals surface area contributed by atoms with Gasteiger partial charge in [0.2, 0.25) is 10.0 Å². The molecule has 0 heterocycles. The van der Waals surface area contributed by atoms with Gasteiger partial charge in [-0.1, -0.05) is 0 Å². The summed E-state index contributed by atoms with van der Waals surface area (Å²) in [6, 6.07) is 0.0174. The predicted octanol–water partition coefficient (Wildman–Crippen LogP) is 0.395. The molecule has 0 saturated heterocycles. The highest BCUT2D eigenvalue weighted by Gasteiger charge is 2.31. The zero-order valence-electron chi connectivity index (χ0n) is 8.94. The van der Waals surface area contributed by atoms with Gasteiger partial charge < -0.3 is 5.73 Å². The second-order valence-corrected chi connectivity index (χ2v) is 6.24. The molecule has 4 nitrogen and oxygen atoms in total. The fourth-order valence-electron chi connectivity index (χ4n) is 1.40. The van der Waals surface area contributed by atoms with Crippen molar-refractivity contribution in [1.82, 2.24) is 4.31 Å². The molecule has 0 aromatic carbocycles. The van der Waals surface area contributed by atoms with Crippen LogP contribution < -0.4 is 5.73 Å². The third-order valence-corrected chi connectivity index (χ3v) is 4.92. The summed E-state index contributed by atoms with van der Waals surface area (Å²) in [4.78, 5) is 0. The maximum atomic E-state index is 11.8. The Balaban J connectivity index is 2.51. The lowest BCUT2D eigenvalue weighted by Crippen LogP contribution is -2.38. The van der Waals surface area contributed by atoms with E-state index in [9.17, 15) is 8.42 Å². The molecule has 1 aliphatic rings. The first-order valence-corrected chi connectivity index (χ1v) is 6.74. The van der Waals surface area contributed by atoms with Gasteiger partial charge in [0.15, 0.2) is 0 Å². The van der Waals surface area contributed by atoms with Gasteiger partial charge in [-0.25, -0.2) is 12.7 Å². The van der Waals surface area contributed by atoms with Crippen molar-refractivity contribution in [3.05, 3.63) is 0 Å². The maximum absolute atomic E-state index is 11.8.